The molecule has 1 amide bonds. The van der Waals surface area contributed by atoms with Gasteiger partial charge in [-0.15, -0.1) is 0 Å². The quantitative estimate of drug-likeness (QED) is 0.921. The number of nitrogens with one attached hydrogen (secondary N) is 1. The standard InChI is InChI=1S/C16H22N4O/c1-4-18-16(21)13-5-7-20(8-6-13)15-9-11(2)19-12(3)14(15)10-17/h9,13H,4-8H2,1-3H3,(H,18,21). The number of nitrogens with zero attached hydrogens (tertiary/aromatic N) is 3. The van der Waals surface area contributed by atoms with Crippen molar-refractivity contribution >= 4 is 11.6 Å². The summed E-state index contributed by atoms with van der Waals surface area (Å²) in [7, 11) is 0. The van der Waals surface area contributed by atoms with Gasteiger partial charge in [0.05, 0.1) is 16.9 Å². The monoisotopic (exact) mass is 286 g/mol. The zero-order chi connectivity index (χ0) is 15.4. The van der Waals surface area contributed by atoms with Crippen LogP contribution >= 0.6 is 0 Å². The molecule has 0 spiro atoms. The van der Waals surface area contributed by atoms with E-state index in [-0.39, 0.29) is 11.8 Å². The molecule has 1 aliphatic heterocycles. The smallest absolute Gasteiger partial charge is 0.223 e. The highest BCUT2D eigenvalue weighted by Crippen LogP contribution is 2.28. The highest BCUT2D eigenvalue weighted by molar-refractivity contribution is 5.79. The topological polar surface area (TPSA) is 69.0 Å². The lowest BCUT2D eigenvalue weighted by molar-refractivity contribution is -0.125. The fourth-order valence-corrected chi connectivity index (χ4v) is 2.90. The summed E-state index contributed by atoms with van der Waals surface area (Å²) in [6.07, 6.45) is 1.66. The van der Waals surface area contributed by atoms with E-state index >= 15 is 0 Å². The van der Waals surface area contributed by atoms with E-state index in [1.807, 2.05) is 26.8 Å². The summed E-state index contributed by atoms with van der Waals surface area (Å²) >= 11 is 0. The average Bonchev–Trinajstić information content (AvgIpc) is 2.47. The number of hydrogen-bond acceptors (Lipinski definition) is 4. The van der Waals surface area contributed by atoms with Crippen molar-refractivity contribution in [1.29, 1.82) is 5.26 Å². The molecule has 1 aliphatic rings. The number of nitriles is 1. The minimum atomic E-state index is 0.0933. The van der Waals surface area contributed by atoms with Crippen molar-refractivity contribution in [2.45, 2.75) is 33.6 Å². The van der Waals surface area contributed by atoms with Gasteiger partial charge in [-0.05, 0) is 39.7 Å². The molecule has 0 unspecified atom stereocenters. The number of anilines is 1. The third-order valence-electron chi connectivity index (χ3n) is 3.98. The Hall–Kier alpha value is -2.09. The summed E-state index contributed by atoms with van der Waals surface area (Å²) < 4.78 is 0. The van der Waals surface area contributed by atoms with Crippen LogP contribution < -0.4 is 10.2 Å². The number of aromatic nitrogens is 1. The number of pyridine rings is 1. The Morgan fingerprint density at radius 2 is 2.14 bits per heavy atom. The van der Waals surface area contributed by atoms with Gasteiger partial charge in [-0.3, -0.25) is 9.78 Å². The van der Waals surface area contributed by atoms with Crippen molar-refractivity contribution in [2.24, 2.45) is 5.92 Å². The molecule has 0 aromatic carbocycles. The molecule has 5 heteroatoms. The third kappa shape index (κ3) is 3.33. The first-order valence-electron chi connectivity index (χ1n) is 7.47. The SMILES string of the molecule is CCNC(=O)C1CCN(c2cc(C)nc(C)c2C#N)CC1. The second-order valence-electron chi connectivity index (χ2n) is 5.51. The van der Waals surface area contributed by atoms with Crippen LogP contribution in [0.4, 0.5) is 5.69 Å². The van der Waals surface area contributed by atoms with Crippen LogP contribution in [0.3, 0.4) is 0 Å². The molecule has 1 aromatic heterocycles. The molecule has 1 N–H and O–H groups in total. The molecular formula is C16H22N4O. The summed E-state index contributed by atoms with van der Waals surface area (Å²) in [5.41, 5.74) is 3.31. The number of piperidine rings is 1. The Labute approximate surface area is 126 Å². The van der Waals surface area contributed by atoms with Crippen molar-refractivity contribution in [3.8, 4) is 6.07 Å². The van der Waals surface area contributed by atoms with Crippen molar-refractivity contribution in [2.75, 3.05) is 24.5 Å². The highest BCUT2D eigenvalue weighted by atomic mass is 16.1. The highest BCUT2D eigenvalue weighted by Gasteiger charge is 2.26. The largest absolute Gasteiger partial charge is 0.370 e. The first-order valence-corrected chi connectivity index (χ1v) is 7.47. The molecule has 0 atom stereocenters. The molecule has 1 aromatic rings. The van der Waals surface area contributed by atoms with Gasteiger partial charge in [0.25, 0.3) is 0 Å². The van der Waals surface area contributed by atoms with Crippen LogP contribution in [0.2, 0.25) is 0 Å². The number of hydrogen-bond donors (Lipinski definition) is 1. The number of aryl methyl sites for hydroxylation is 2. The van der Waals surface area contributed by atoms with Crippen LogP contribution in [-0.4, -0.2) is 30.5 Å². The molecule has 1 fully saturated rings. The van der Waals surface area contributed by atoms with Crippen molar-refractivity contribution < 1.29 is 4.79 Å². The van der Waals surface area contributed by atoms with E-state index in [2.05, 4.69) is 21.3 Å². The Morgan fingerprint density at radius 1 is 1.48 bits per heavy atom. The van der Waals surface area contributed by atoms with Crippen molar-refractivity contribution in [3.63, 3.8) is 0 Å². The Kier molecular flexibility index (Phi) is 4.79. The minimum absolute atomic E-state index is 0.0933. The molecule has 0 saturated carbocycles. The first-order chi connectivity index (χ1) is 10.1. The van der Waals surface area contributed by atoms with E-state index in [9.17, 15) is 10.1 Å². The van der Waals surface area contributed by atoms with Crippen molar-refractivity contribution in [3.05, 3.63) is 23.0 Å². The molecule has 112 valence electrons. The predicted octanol–water partition coefficient (Wildman–Crippen LogP) is 1.92. The van der Waals surface area contributed by atoms with Gasteiger partial charge in [-0.25, -0.2) is 0 Å². The number of carbonyl (C=O) groups is 1. The normalized spacial score (nSPS) is 15.6. The lowest BCUT2D eigenvalue weighted by Crippen LogP contribution is -2.40. The lowest BCUT2D eigenvalue weighted by Gasteiger charge is -2.33. The van der Waals surface area contributed by atoms with Crippen LogP contribution in [-0.2, 0) is 4.79 Å². The maximum absolute atomic E-state index is 11.9. The minimum Gasteiger partial charge on any atom is -0.370 e. The predicted molar refractivity (Wildman–Crippen MR) is 82.0 cm³/mol. The summed E-state index contributed by atoms with van der Waals surface area (Å²) in [5, 5.41) is 12.2. The maximum Gasteiger partial charge on any atom is 0.223 e. The second kappa shape index (κ2) is 6.57. The van der Waals surface area contributed by atoms with E-state index in [0.29, 0.717) is 12.1 Å². The first kappa shape index (κ1) is 15.3. The van der Waals surface area contributed by atoms with E-state index in [0.717, 1.165) is 43.0 Å². The molecule has 2 heterocycles. The third-order valence-corrected chi connectivity index (χ3v) is 3.98. The molecule has 0 radical (unpaired) electrons. The van der Waals surface area contributed by atoms with E-state index < -0.39 is 0 Å². The van der Waals surface area contributed by atoms with Gasteiger partial charge >= 0.3 is 0 Å². The van der Waals surface area contributed by atoms with Crippen LogP contribution in [0, 0.1) is 31.1 Å². The fourth-order valence-electron chi connectivity index (χ4n) is 2.90. The maximum atomic E-state index is 11.9. The van der Waals surface area contributed by atoms with Gasteiger partial charge < -0.3 is 10.2 Å². The molecular weight excluding hydrogens is 264 g/mol. The van der Waals surface area contributed by atoms with Gasteiger partial charge in [0.15, 0.2) is 0 Å². The Morgan fingerprint density at radius 3 is 2.71 bits per heavy atom. The lowest BCUT2D eigenvalue weighted by atomic mass is 9.95. The summed E-state index contributed by atoms with van der Waals surface area (Å²) in [4.78, 5) is 18.4. The zero-order valence-corrected chi connectivity index (χ0v) is 12.9. The van der Waals surface area contributed by atoms with E-state index in [1.54, 1.807) is 0 Å². The Bertz CT molecular complexity index is 568. The molecule has 5 nitrogen and oxygen atoms in total. The van der Waals surface area contributed by atoms with Gasteiger partial charge in [0.2, 0.25) is 5.91 Å². The summed E-state index contributed by atoms with van der Waals surface area (Å²) in [6, 6.07) is 4.23. The van der Waals surface area contributed by atoms with Crippen LogP contribution in [0.1, 0.15) is 36.7 Å². The number of rotatable bonds is 3. The molecule has 2 rings (SSSR count). The second-order valence-corrected chi connectivity index (χ2v) is 5.51. The van der Waals surface area contributed by atoms with E-state index in [1.165, 1.54) is 0 Å². The van der Waals surface area contributed by atoms with Gasteiger partial charge in [-0.1, -0.05) is 0 Å². The molecule has 0 aliphatic carbocycles. The fraction of sp³-hybridized carbons (Fsp3) is 0.562. The van der Waals surface area contributed by atoms with Gasteiger partial charge in [0, 0.05) is 31.2 Å². The Balaban J connectivity index is 2.13. The summed E-state index contributed by atoms with van der Waals surface area (Å²) in [6.45, 7) is 8.05. The van der Waals surface area contributed by atoms with Crippen LogP contribution in [0.5, 0.6) is 0 Å². The molecule has 21 heavy (non-hydrogen) atoms. The molecule has 0 bridgehead atoms. The van der Waals surface area contributed by atoms with Crippen LogP contribution in [0.25, 0.3) is 0 Å². The van der Waals surface area contributed by atoms with Crippen molar-refractivity contribution in [1.82, 2.24) is 10.3 Å². The van der Waals surface area contributed by atoms with Crippen LogP contribution in [0.15, 0.2) is 6.07 Å². The summed E-state index contributed by atoms with van der Waals surface area (Å²) in [5.74, 6) is 0.246. The zero-order valence-electron chi connectivity index (χ0n) is 12.9. The molecule has 1 saturated heterocycles. The van der Waals surface area contributed by atoms with Gasteiger partial charge in [-0.2, -0.15) is 5.26 Å². The van der Waals surface area contributed by atoms with Gasteiger partial charge in [0.1, 0.15) is 6.07 Å². The average molecular weight is 286 g/mol. The number of amides is 1. The number of carbonyl (C=O) groups excluding carboxylic acids is 1. The van der Waals surface area contributed by atoms with E-state index in [4.69, 9.17) is 0 Å².